The fraction of sp³-hybridized carbons (Fsp3) is 0.600. The predicted molar refractivity (Wildman–Crippen MR) is 113 cm³/mol. The van der Waals surface area contributed by atoms with Crippen LogP contribution in [0.1, 0.15) is 38.2 Å². The molecule has 1 fully saturated rings. The first kappa shape index (κ1) is 23.0. The third-order valence-electron chi connectivity index (χ3n) is 4.87. The zero-order valence-corrected chi connectivity index (χ0v) is 18.0. The molecule has 1 saturated heterocycles. The highest BCUT2D eigenvalue weighted by Gasteiger charge is 2.41. The molecule has 3 atom stereocenters. The van der Waals surface area contributed by atoms with Gasteiger partial charge in [0, 0.05) is 18.0 Å². The molecule has 1 amide bonds. The van der Waals surface area contributed by atoms with E-state index in [4.69, 9.17) is 0 Å². The number of carboxylic acid groups (broad SMARTS) is 1. The minimum atomic E-state index is -3.61. The molecule has 0 bridgehead atoms. The van der Waals surface area contributed by atoms with Crippen LogP contribution in [0.2, 0.25) is 0 Å². The summed E-state index contributed by atoms with van der Waals surface area (Å²) in [6.45, 7) is 2.40. The lowest BCUT2D eigenvalue weighted by Gasteiger charge is -2.23. The van der Waals surface area contributed by atoms with Crippen molar-refractivity contribution >= 4 is 31.0 Å². The molecule has 1 aliphatic rings. The Hall–Kier alpha value is -1.30. The van der Waals surface area contributed by atoms with Crippen LogP contribution in [-0.2, 0) is 20.6 Å². The minimum absolute atomic E-state index is 0.0777. The number of rotatable bonds is 11. The maximum absolute atomic E-state index is 12.6. The molecule has 1 aliphatic heterocycles. The van der Waals surface area contributed by atoms with Gasteiger partial charge in [-0.3, -0.25) is 9.36 Å². The molecular weight excluding hydrogens is 397 g/mol. The van der Waals surface area contributed by atoms with Crippen LogP contribution in [-0.4, -0.2) is 62.7 Å². The van der Waals surface area contributed by atoms with E-state index < -0.39 is 31.4 Å². The highest BCUT2D eigenvalue weighted by Crippen LogP contribution is 2.42. The number of thioether (sulfide) groups is 1. The van der Waals surface area contributed by atoms with E-state index >= 15 is 0 Å². The molecule has 2 rings (SSSR count). The SMILES string of the molecule is CCCS[C@@H]1C[C@@H](C(=O)O)N(C(=O)CP(=O)(O)CCCCc2ccccc2)C1. The molecule has 0 radical (unpaired) electrons. The first-order valence-electron chi connectivity index (χ1n) is 9.81. The Morgan fingerprint density at radius 1 is 1.25 bits per heavy atom. The number of carboxylic acids is 1. The average Bonchev–Trinajstić information content (AvgIpc) is 3.09. The number of amides is 1. The Morgan fingerprint density at radius 2 is 1.96 bits per heavy atom. The number of likely N-dealkylation sites (tertiary alicyclic amines) is 1. The van der Waals surface area contributed by atoms with Gasteiger partial charge in [0.15, 0.2) is 0 Å². The van der Waals surface area contributed by atoms with E-state index in [2.05, 4.69) is 6.92 Å². The molecule has 2 N–H and O–H groups in total. The first-order valence-corrected chi connectivity index (χ1v) is 12.9. The van der Waals surface area contributed by atoms with Gasteiger partial charge in [-0.15, -0.1) is 0 Å². The smallest absolute Gasteiger partial charge is 0.326 e. The van der Waals surface area contributed by atoms with Gasteiger partial charge in [0.25, 0.3) is 0 Å². The lowest BCUT2D eigenvalue weighted by molar-refractivity contribution is -0.147. The Labute approximate surface area is 171 Å². The molecule has 8 heteroatoms. The summed E-state index contributed by atoms with van der Waals surface area (Å²) in [6.07, 6.45) is 3.18. The zero-order valence-electron chi connectivity index (χ0n) is 16.3. The summed E-state index contributed by atoms with van der Waals surface area (Å²) in [4.78, 5) is 35.6. The number of aliphatic carboxylic acids is 1. The van der Waals surface area contributed by atoms with Crippen molar-refractivity contribution in [3.63, 3.8) is 0 Å². The predicted octanol–water partition coefficient (Wildman–Crippen LogP) is 3.48. The van der Waals surface area contributed by atoms with Gasteiger partial charge in [0.1, 0.15) is 12.2 Å². The highest BCUT2D eigenvalue weighted by molar-refractivity contribution is 7.99. The summed E-state index contributed by atoms with van der Waals surface area (Å²) in [5.74, 6) is -0.636. The maximum atomic E-state index is 12.6. The number of carbonyl (C=O) groups is 2. The summed E-state index contributed by atoms with van der Waals surface area (Å²) >= 11 is 1.67. The van der Waals surface area contributed by atoms with Gasteiger partial charge in [-0.05, 0) is 43.4 Å². The Balaban J connectivity index is 1.83. The number of unbranched alkanes of at least 4 members (excludes halogenated alkanes) is 1. The number of nitrogens with zero attached hydrogens (tertiary/aromatic N) is 1. The van der Waals surface area contributed by atoms with Crippen molar-refractivity contribution in [2.75, 3.05) is 24.6 Å². The van der Waals surface area contributed by atoms with Gasteiger partial charge in [0.05, 0.1) is 0 Å². The fourth-order valence-electron chi connectivity index (χ4n) is 3.43. The standard InChI is InChI=1S/C20H30NO5PS/c1-2-12-28-17-13-18(20(23)24)21(14-17)19(22)15-27(25,26)11-7-6-10-16-8-4-3-5-9-16/h3-5,8-9,17-18H,2,6-7,10-15H2,1H3,(H,23,24)(H,25,26)/t17-,18+/m1/s1. The average molecular weight is 428 g/mol. The van der Waals surface area contributed by atoms with Crippen LogP contribution >= 0.6 is 19.1 Å². The molecule has 0 spiro atoms. The Bertz CT molecular complexity index is 699. The van der Waals surface area contributed by atoms with Gasteiger partial charge < -0.3 is 14.9 Å². The molecule has 0 aliphatic carbocycles. The normalized spacial score (nSPS) is 21.4. The monoisotopic (exact) mass is 427 g/mol. The molecule has 1 aromatic carbocycles. The van der Waals surface area contributed by atoms with Gasteiger partial charge in [-0.25, -0.2) is 4.79 Å². The van der Waals surface area contributed by atoms with Crippen molar-refractivity contribution in [3.8, 4) is 0 Å². The van der Waals surface area contributed by atoms with E-state index in [1.54, 1.807) is 11.8 Å². The van der Waals surface area contributed by atoms with Crippen LogP contribution in [0.15, 0.2) is 30.3 Å². The second kappa shape index (κ2) is 11.0. The van der Waals surface area contributed by atoms with Crippen molar-refractivity contribution < 1.29 is 24.2 Å². The Morgan fingerprint density at radius 3 is 2.61 bits per heavy atom. The Kier molecular flexibility index (Phi) is 9.06. The molecular formula is C20H30NO5PS. The van der Waals surface area contributed by atoms with Crippen molar-refractivity contribution in [1.82, 2.24) is 4.90 Å². The lowest BCUT2D eigenvalue weighted by Crippen LogP contribution is -2.42. The molecule has 156 valence electrons. The van der Waals surface area contributed by atoms with E-state index in [9.17, 15) is 24.2 Å². The van der Waals surface area contributed by atoms with E-state index in [1.165, 1.54) is 10.5 Å². The summed E-state index contributed by atoms with van der Waals surface area (Å²) in [7, 11) is -3.61. The van der Waals surface area contributed by atoms with E-state index in [0.717, 1.165) is 25.0 Å². The van der Waals surface area contributed by atoms with Gasteiger partial charge in [-0.1, -0.05) is 37.3 Å². The second-order valence-corrected chi connectivity index (χ2v) is 11.2. The molecule has 0 saturated carbocycles. The van der Waals surface area contributed by atoms with Crippen molar-refractivity contribution in [3.05, 3.63) is 35.9 Å². The molecule has 1 unspecified atom stereocenters. The summed E-state index contributed by atoms with van der Waals surface area (Å²) in [5.41, 5.74) is 1.18. The zero-order chi connectivity index (χ0) is 20.6. The van der Waals surface area contributed by atoms with E-state index in [-0.39, 0.29) is 11.4 Å². The summed E-state index contributed by atoms with van der Waals surface area (Å²) < 4.78 is 12.5. The fourth-order valence-corrected chi connectivity index (χ4v) is 6.06. The summed E-state index contributed by atoms with van der Waals surface area (Å²) in [6, 6.07) is 9.03. The van der Waals surface area contributed by atoms with Gasteiger partial charge >= 0.3 is 5.97 Å². The quantitative estimate of drug-likeness (QED) is 0.415. The van der Waals surface area contributed by atoms with Crippen molar-refractivity contribution in [2.45, 2.75) is 50.3 Å². The third kappa shape index (κ3) is 7.26. The largest absolute Gasteiger partial charge is 0.480 e. The minimum Gasteiger partial charge on any atom is -0.480 e. The molecule has 28 heavy (non-hydrogen) atoms. The van der Waals surface area contributed by atoms with Crippen molar-refractivity contribution in [1.29, 1.82) is 0 Å². The number of aryl methyl sites for hydroxylation is 1. The van der Waals surface area contributed by atoms with E-state index in [0.29, 0.717) is 19.4 Å². The third-order valence-corrected chi connectivity index (χ3v) is 8.11. The van der Waals surface area contributed by atoms with Crippen LogP contribution in [0.25, 0.3) is 0 Å². The van der Waals surface area contributed by atoms with Crippen LogP contribution in [0, 0.1) is 0 Å². The molecule has 1 heterocycles. The summed E-state index contributed by atoms with van der Waals surface area (Å²) in [5, 5.41) is 9.50. The number of benzene rings is 1. The molecule has 6 nitrogen and oxygen atoms in total. The van der Waals surface area contributed by atoms with Crippen LogP contribution in [0.3, 0.4) is 0 Å². The number of carbonyl (C=O) groups excluding carboxylic acids is 1. The van der Waals surface area contributed by atoms with Crippen LogP contribution < -0.4 is 0 Å². The van der Waals surface area contributed by atoms with Crippen LogP contribution in [0.4, 0.5) is 0 Å². The van der Waals surface area contributed by atoms with E-state index in [1.807, 2.05) is 30.3 Å². The number of hydrogen-bond acceptors (Lipinski definition) is 4. The maximum Gasteiger partial charge on any atom is 0.326 e. The molecule has 1 aromatic rings. The molecule has 0 aromatic heterocycles. The van der Waals surface area contributed by atoms with Crippen LogP contribution in [0.5, 0.6) is 0 Å². The number of hydrogen-bond donors (Lipinski definition) is 2. The highest BCUT2D eigenvalue weighted by atomic mass is 32.2. The lowest BCUT2D eigenvalue weighted by atomic mass is 10.1. The van der Waals surface area contributed by atoms with Gasteiger partial charge in [-0.2, -0.15) is 11.8 Å². The van der Waals surface area contributed by atoms with Gasteiger partial charge in [0.2, 0.25) is 13.3 Å². The topological polar surface area (TPSA) is 94.9 Å². The first-order chi connectivity index (χ1) is 13.3. The van der Waals surface area contributed by atoms with Crippen molar-refractivity contribution in [2.24, 2.45) is 0 Å². The second-order valence-electron chi connectivity index (χ2n) is 7.30.